The predicted molar refractivity (Wildman–Crippen MR) is 88.6 cm³/mol. The molecule has 23 heavy (non-hydrogen) atoms. The second kappa shape index (κ2) is 6.37. The minimum absolute atomic E-state index is 0.0737. The molecule has 114 valence electrons. The second-order valence-corrected chi connectivity index (χ2v) is 5.51. The van der Waals surface area contributed by atoms with Crippen LogP contribution in [0.25, 0.3) is 11.3 Å². The minimum Gasteiger partial charge on any atom is -0.321 e. The Morgan fingerprint density at radius 3 is 2.65 bits per heavy atom. The number of benzene rings is 2. The van der Waals surface area contributed by atoms with Crippen molar-refractivity contribution in [1.29, 1.82) is 0 Å². The van der Waals surface area contributed by atoms with Gasteiger partial charge in [0.25, 0.3) is 11.6 Å². The van der Waals surface area contributed by atoms with Gasteiger partial charge in [-0.3, -0.25) is 14.9 Å². The molecule has 0 atom stereocenters. The van der Waals surface area contributed by atoms with Crippen LogP contribution in [0.3, 0.4) is 0 Å². The first-order valence-electron chi connectivity index (χ1n) is 6.70. The third-order valence-electron chi connectivity index (χ3n) is 3.14. The number of non-ortho nitro benzene ring substituents is 1. The number of nitro groups is 1. The summed E-state index contributed by atoms with van der Waals surface area (Å²) in [6.45, 7) is 0. The number of hydrogen-bond donors (Lipinski definition) is 1. The molecule has 0 spiro atoms. The maximum Gasteiger partial charge on any atom is 0.271 e. The lowest BCUT2D eigenvalue weighted by molar-refractivity contribution is -0.384. The lowest BCUT2D eigenvalue weighted by Crippen LogP contribution is -2.11. The summed E-state index contributed by atoms with van der Waals surface area (Å²) in [5.41, 5.74) is 3.34. The van der Waals surface area contributed by atoms with Gasteiger partial charge in [-0.15, -0.1) is 11.3 Å². The van der Waals surface area contributed by atoms with Gasteiger partial charge in [-0.25, -0.2) is 4.98 Å². The van der Waals surface area contributed by atoms with Gasteiger partial charge in [0.15, 0.2) is 0 Å². The van der Waals surface area contributed by atoms with Crippen LogP contribution in [0.2, 0.25) is 0 Å². The van der Waals surface area contributed by atoms with Crippen molar-refractivity contribution in [3.8, 4) is 11.3 Å². The molecule has 2 aromatic carbocycles. The molecule has 0 unspecified atom stereocenters. The van der Waals surface area contributed by atoms with Gasteiger partial charge < -0.3 is 5.32 Å². The normalized spacial score (nSPS) is 10.3. The average molecular weight is 325 g/mol. The maximum absolute atomic E-state index is 12.4. The first-order valence-corrected chi connectivity index (χ1v) is 7.58. The van der Waals surface area contributed by atoms with Gasteiger partial charge in [0.2, 0.25) is 0 Å². The van der Waals surface area contributed by atoms with E-state index in [4.69, 9.17) is 0 Å². The van der Waals surface area contributed by atoms with Gasteiger partial charge in [0.1, 0.15) is 4.88 Å². The van der Waals surface area contributed by atoms with E-state index in [0.717, 1.165) is 5.56 Å². The Bertz CT molecular complexity index is 862. The summed E-state index contributed by atoms with van der Waals surface area (Å²) < 4.78 is 0. The molecule has 1 aromatic heterocycles. The summed E-state index contributed by atoms with van der Waals surface area (Å²) in [7, 11) is 0. The summed E-state index contributed by atoms with van der Waals surface area (Å²) in [5, 5.41) is 13.5. The molecular weight excluding hydrogens is 314 g/mol. The first kappa shape index (κ1) is 14.9. The zero-order valence-electron chi connectivity index (χ0n) is 11.8. The molecule has 0 aliphatic carbocycles. The Morgan fingerprint density at radius 1 is 1.13 bits per heavy atom. The van der Waals surface area contributed by atoms with E-state index < -0.39 is 4.92 Å². The number of carbonyl (C=O) groups is 1. The molecule has 0 aliphatic heterocycles. The number of amides is 1. The third-order valence-corrected chi connectivity index (χ3v) is 3.96. The number of rotatable bonds is 4. The van der Waals surface area contributed by atoms with Crippen molar-refractivity contribution >= 4 is 28.6 Å². The molecule has 0 aliphatic rings. The third kappa shape index (κ3) is 3.24. The molecule has 0 fully saturated rings. The van der Waals surface area contributed by atoms with E-state index in [2.05, 4.69) is 10.3 Å². The van der Waals surface area contributed by atoms with E-state index in [1.807, 2.05) is 30.3 Å². The number of nitro benzene ring substituents is 1. The fourth-order valence-corrected chi connectivity index (χ4v) is 2.80. The molecular formula is C16H11N3O3S. The van der Waals surface area contributed by atoms with Crippen molar-refractivity contribution in [3.05, 3.63) is 75.1 Å². The van der Waals surface area contributed by atoms with Crippen molar-refractivity contribution in [3.63, 3.8) is 0 Å². The van der Waals surface area contributed by atoms with Crippen LogP contribution in [-0.2, 0) is 0 Å². The van der Waals surface area contributed by atoms with Crippen LogP contribution < -0.4 is 5.32 Å². The van der Waals surface area contributed by atoms with Crippen molar-refractivity contribution in [2.45, 2.75) is 0 Å². The maximum atomic E-state index is 12.4. The van der Waals surface area contributed by atoms with Gasteiger partial charge in [0.05, 0.1) is 16.1 Å². The van der Waals surface area contributed by atoms with Crippen LogP contribution >= 0.6 is 11.3 Å². The largest absolute Gasteiger partial charge is 0.321 e. The van der Waals surface area contributed by atoms with Crippen molar-refractivity contribution < 1.29 is 9.72 Å². The summed E-state index contributed by atoms with van der Waals surface area (Å²) in [4.78, 5) is 27.4. The first-order chi connectivity index (χ1) is 11.1. The molecule has 1 amide bonds. The smallest absolute Gasteiger partial charge is 0.271 e. The van der Waals surface area contributed by atoms with Gasteiger partial charge in [-0.05, 0) is 6.07 Å². The van der Waals surface area contributed by atoms with Crippen LogP contribution in [-0.4, -0.2) is 15.8 Å². The Kier molecular flexibility index (Phi) is 4.11. The highest BCUT2D eigenvalue weighted by atomic mass is 32.1. The molecule has 3 rings (SSSR count). The highest BCUT2D eigenvalue weighted by Crippen LogP contribution is 2.26. The lowest BCUT2D eigenvalue weighted by Gasteiger charge is -2.05. The van der Waals surface area contributed by atoms with Crippen LogP contribution in [0.5, 0.6) is 0 Å². The number of hydrogen-bond acceptors (Lipinski definition) is 5. The predicted octanol–water partition coefficient (Wildman–Crippen LogP) is 3.97. The van der Waals surface area contributed by atoms with E-state index in [1.54, 1.807) is 11.6 Å². The highest BCUT2D eigenvalue weighted by molar-refractivity contribution is 7.12. The second-order valence-electron chi connectivity index (χ2n) is 4.66. The Morgan fingerprint density at radius 2 is 1.91 bits per heavy atom. The molecule has 0 saturated heterocycles. The summed E-state index contributed by atoms with van der Waals surface area (Å²) in [6, 6.07) is 15.2. The van der Waals surface area contributed by atoms with Crippen LogP contribution in [0.1, 0.15) is 9.67 Å². The van der Waals surface area contributed by atoms with Crippen LogP contribution in [0, 0.1) is 10.1 Å². The Balaban J connectivity index is 1.87. The Hall–Kier alpha value is -3.06. The standard InChI is InChI=1S/C16H11N3O3S/c20-16(18-12-7-4-8-13(9-12)19(21)22)15-14(17-10-23-15)11-5-2-1-3-6-11/h1-10H,(H,18,20). The number of nitrogens with zero attached hydrogens (tertiary/aromatic N) is 2. The van der Waals surface area contributed by atoms with E-state index in [-0.39, 0.29) is 11.6 Å². The number of thiazole rings is 1. The van der Waals surface area contributed by atoms with Crippen molar-refractivity contribution in [2.24, 2.45) is 0 Å². The Labute approximate surface area is 135 Å². The molecule has 1 N–H and O–H groups in total. The molecule has 0 bridgehead atoms. The minimum atomic E-state index is -0.502. The molecule has 6 nitrogen and oxygen atoms in total. The summed E-state index contributed by atoms with van der Waals surface area (Å²) >= 11 is 1.23. The molecule has 1 heterocycles. The number of anilines is 1. The fraction of sp³-hybridized carbons (Fsp3) is 0. The fourth-order valence-electron chi connectivity index (χ4n) is 2.09. The number of carbonyl (C=O) groups excluding carboxylic acids is 1. The number of aromatic nitrogens is 1. The molecule has 0 radical (unpaired) electrons. The molecule has 7 heteroatoms. The van der Waals surface area contributed by atoms with Gasteiger partial charge in [0, 0.05) is 23.4 Å². The van der Waals surface area contributed by atoms with Gasteiger partial charge in [-0.2, -0.15) is 0 Å². The van der Waals surface area contributed by atoms with E-state index >= 15 is 0 Å². The van der Waals surface area contributed by atoms with Crippen molar-refractivity contribution in [1.82, 2.24) is 4.98 Å². The van der Waals surface area contributed by atoms with Crippen molar-refractivity contribution in [2.75, 3.05) is 5.32 Å². The van der Waals surface area contributed by atoms with E-state index in [1.165, 1.54) is 29.5 Å². The van der Waals surface area contributed by atoms with Crippen LogP contribution in [0.15, 0.2) is 60.1 Å². The average Bonchev–Trinajstić information content (AvgIpc) is 3.05. The van der Waals surface area contributed by atoms with Gasteiger partial charge in [-0.1, -0.05) is 36.4 Å². The molecule has 3 aromatic rings. The SMILES string of the molecule is O=C(Nc1cccc([N+](=O)[O-])c1)c1scnc1-c1ccccc1. The molecule has 0 saturated carbocycles. The zero-order valence-corrected chi connectivity index (χ0v) is 12.6. The van der Waals surface area contributed by atoms with E-state index in [0.29, 0.717) is 16.3 Å². The number of nitrogens with one attached hydrogen (secondary N) is 1. The quantitative estimate of drug-likeness (QED) is 0.581. The van der Waals surface area contributed by atoms with E-state index in [9.17, 15) is 14.9 Å². The zero-order chi connectivity index (χ0) is 16.2. The summed E-state index contributed by atoms with van der Waals surface area (Å²) in [6.07, 6.45) is 0. The topological polar surface area (TPSA) is 85.1 Å². The monoisotopic (exact) mass is 325 g/mol. The van der Waals surface area contributed by atoms with Crippen LogP contribution in [0.4, 0.5) is 11.4 Å². The van der Waals surface area contributed by atoms with Gasteiger partial charge >= 0.3 is 0 Å². The highest BCUT2D eigenvalue weighted by Gasteiger charge is 2.17. The lowest BCUT2D eigenvalue weighted by atomic mass is 10.1. The summed E-state index contributed by atoms with van der Waals surface area (Å²) in [5.74, 6) is -0.341.